The van der Waals surface area contributed by atoms with Gasteiger partial charge in [-0.3, -0.25) is 0 Å². The predicted octanol–water partition coefficient (Wildman–Crippen LogP) is 3.17. The van der Waals surface area contributed by atoms with E-state index in [1.807, 2.05) is 0 Å². The fourth-order valence-electron chi connectivity index (χ4n) is 1.87. The Morgan fingerprint density at radius 3 is 3.13 bits per heavy atom. The minimum absolute atomic E-state index is 0.0593. The third-order valence-electron chi connectivity index (χ3n) is 2.78. The highest BCUT2D eigenvalue weighted by atomic mass is 79.9. The van der Waals surface area contributed by atoms with E-state index in [9.17, 15) is 0 Å². The van der Waals surface area contributed by atoms with Crippen LogP contribution in [0.5, 0.6) is 0 Å². The molecule has 2 heterocycles. The van der Waals surface area contributed by atoms with Gasteiger partial charge in [0.15, 0.2) is 0 Å². The molecule has 0 amide bonds. The van der Waals surface area contributed by atoms with Crippen molar-refractivity contribution < 1.29 is 4.74 Å². The lowest BCUT2D eigenvalue weighted by molar-refractivity contribution is 0.0207. The first-order chi connectivity index (χ1) is 7.20. The second kappa shape index (κ2) is 4.95. The SMILES string of the molecule is CC1(CNCc2sccc2Br)CCCO1. The minimum Gasteiger partial charge on any atom is -0.374 e. The average Bonchev–Trinajstić information content (AvgIpc) is 2.78. The van der Waals surface area contributed by atoms with Crippen LogP contribution < -0.4 is 5.32 Å². The van der Waals surface area contributed by atoms with Crippen LogP contribution in [0.2, 0.25) is 0 Å². The summed E-state index contributed by atoms with van der Waals surface area (Å²) in [5.74, 6) is 0. The Balaban J connectivity index is 1.77. The summed E-state index contributed by atoms with van der Waals surface area (Å²) in [5, 5.41) is 5.57. The van der Waals surface area contributed by atoms with Gasteiger partial charge in [-0.05, 0) is 47.1 Å². The van der Waals surface area contributed by atoms with Gasteiger partial charge in [0.25, 0.3) is 0 Å². The fourth-order valence-corrected chi connectivity index (χ4v) is 3.33. The fraction of sp³-hybridized carbons (Fsp3) is 0.636. The molecule has 0 aliphatic carbocycles. The van der Waals surface area contributed by atoms with E-state index in [-0.39, 0.29) is 5.60 Å². The molecular formula is C11H16BrNOS. The van der Waals surface area contributed by atoms with Crippen LogP contribution in [0.1, 0.15) is 24.6 Å². The number of halogens is 1. The smallest absolute Gasteiger partial charge is 0.0779 e. The monoisotopic (exact) mass is 289 g/mol. The first kappa shape index (κ1) is 11.6. The Morgan fingerprint density at radius 2 is 2.53 bits per heavy atom. The normalized spacial score (nSPS) is 26.0. The third kappa shape index (κ3) is 3.03. The lowest BCUT2D eigenvalue weighted by Crippen LogP contribution is -2.36. The number of hydrogen-bond acceptors (Lipinski definition) is 3. The van der Waals surface area contributed by atoms with Crippen LogP contribution in [0.3, 0.4) is 0 Å². The van der Waals surface area contributed by atoms with E-state index in [1.54, 1.807) is 11.3 Å². The molecule has 1 aliphatic heterocycles. The molecule has 1 N–H and O–H groups in total. The molecule has 0 spiro atoms. The van der Waals surface area contributed by atoms with Crippen molar-refractivity contribution in [2.75, 3.05) is 13.2 Å². The van der Waals surface area contributed by atoms with E-state index in [0.717, 1.165) is 19.7 Å². The lowest BCUT2D eigenvalue weighted by atomic mass is 10.0. The molecule has 1 aromatic rings. The summed E-state index contributed by atoms with van der Waals surface area (Å²) in [4.78, 5) is 1.36. The van der Waals surface area contributed by atoms with Crippen LogP contribution in [0, 0.1) is 0 Å². The van der Waals surface area contributed by atoms with Crippen LogP contribution in [-0.2, 0) is 11.3 Å². The van der Waals surface area contributed by atoms with Crippen LogP contribution in [0.15, 0.2) is 15.9 Å². The van der Waals surface area contributed by atoms with Crippen molar-refractivity contribution in [3.8, 4) is 0 Å². The van der Waals surface area contributed by atoms with Crippen molar-refractivity contribution in [1.29, 1.82) is 0 Å². The van der Waals surface area contributed by atoms with E-state index in [2.05, 4.69) is 39.6 Å². The zero-order valence-corrected chi connectivity index (χ0v) is 11.3. The molecule has 15 heavy (non-hydrogen) atoms. The molecule has 2 nitrogen and oxygen atoms in total. The van der Waals surface area contributed by atoms with Gasteiger partial charge in [-0.1, -0.05) is 0 Å². The number of hydrogen-bond donors (Lipinski definition) is 1. The molecule has 0 bridgehead atoms. The van der Waals surface area contributed by atoms with Crippen molar-refractivity contribution >= 4 is 27.3 Å². The summed E-state index contributed by atoms with van der Waals surface area (Å²) in [6, 6.07) is 2.09. The second-order valence-corrected chi connectivity index (χ2v) is 6.05. The van der Waals surface area contributed by atoms with Crippen LogP contribution in [0.4, 0.5) is 0 Å². The van der Waals surface area contributed by atoms with Gasteiger partial charge in [-0.15, -0.1) is 11.3 Å². The Bertz CT molecular complexity index is 320. The molecular weight excluding hydrogens is 274 g/mol. The molecule has 1 unspecified atom stereocenters. The highest BCUT2D eigenvalue weighted by Gasteiger charge is 2.28. The average molecular weight is 290 g/mol. The van der Waals surface area contributed by atoms with Gasteiger partial charge < -0.3 is 10.1 Å². The lowest BCUT2D eigenvalue weighted by Gasteiger charge is -2.23. The molecule has 1 atom stereocenters. The van der Waals surface area contributed by atoms with Crippen LogP contribution in [0.25, 0.3) is 0 Å². The maximum absolute atomic E-state index is 5.72. The van der Waals surface area contributed by atoms with Gasteiger partial charge in [0.2, 0.25) is 0 Å². The van der Waals surface area contributed by atoms with Gasteiger partial charge >= 0.3 is 0 Å². The van der Waals surface area contributed by atoms with Crippen molar-refractivity contribution in [1.82, 2.24) is 5.32 Å². The Kier molecular flexibility index (Phi) is 3.83. The summed E-state index contributed by atoms with van der Waals surface area (Å²) in [6.07, 6.45) is 2.37. The van der Waals surface area contributed by atoms with E-state index >= 15 is 0 Å². The largest absolute Gasteiger partial charge is 0.374 e. The maximum Gasteiger partial charge on any atom is 0.0779 e. The molecule has 1 aliphatic rings. The topological polar surface area (TPSA) is 21.3 Å². The molecule has 1 aromatic heterocycles. The van der Waals surface area contributed by atoms with Crippen molar-refractivity contribution in [2.24, 2.45) is 0 Å². The second-order valence-electron chi connectivity index (χ2n) is 4.20. The number of nitrogens with one attached hydrogen (secondary N) is 1. The molecule has 2 rings (SSSR count). The number of ether oxygens (including phenoxy) is 1. The Hall–Kier alpha value is 0.1000. The quantitative estimate of drug-likeness (QED) is 0.919. The zero-order valence-electron chi connectivity index (χ0n) is 8.88. The van der Waals surface area contributed by atoms with E-state index in [4.69, 9.17) is 4.74 Å². The van der Waals surface area contributed by atoms with Gasteiger partial charge in [0.1, 0.15) is 0 Å². The number of thiophene rings is 1. The summed E-state index contributed by atoms with van der Waals surface area (Å²) < 4.78 is 6.93. The first-order valence-electron chi connectivity index (χ1n) is 5.26. The van der Waals surface area contributed by atoms with E-state index in [1.165, 1.54) is 22.2 Å². The molecule has 0 radical (unpaired) electrons. The van der Waals surface area contributed by atoms with Gasteiger partial charge in [-0.2, -0.15) is 0 Å². The van der Waals surface area contributed by atoms with Crippen molar-refractivity contribution in [2.45, 2.75) is 31.9 Å². The standard InChI is InChI=1S/C11H16BrNOS/c1-11(4-2-5-14-11)8-13-7-10-9(12)3-6-15-10/h3,6,13H,2,4-5,7-8H2,1H3. The van der Waals surface area contributed by atoms with Gasteiger partial charge in [-0.25, -0.2) is 0 Å². The molecule has 0 saturated carbocycles. The Labute approximate surface area is 103 Å². The summed E-state index contributed by atoms with van der Waals surface area (Å²) >= 11 is 5.31. The molecule has 0 aromatic carbocycles. The van der Waals surface area contributed by atoms with Crippen molar-refractivity contribution in [3.63, 3.8) is 0 Å². The van der Waals surface area contributed by atoms with Crippen LogP contribution >= 0.6 is 27.3 Å². The molecule has 84 valence electrons. The van der Waals surface area contributed by atoms with Gasteiger partial charge in [0, 0.05) is 29.0 Å². The first-order valence-corrected chi connectivity index (χ1v) is 6.93. The Morgan fingerprint density at radius 1 is 1.67 bits per heavy atom. The van der Waals surface area contributed by atoms with Gasteiger partial charge in [0.05, 0.1) is 5.60 Å². The summed E-state index contributed by atoms with van der Waals surface area (Å²) in [5.41, 5.74) is 0.0593. The third-order valence-corrected chi connectivity index (χ3v) is 4.70. The molecule has 1 fully saturated rings. The minimum atomic E-state index is 0.0593. The highest BCUT2D eigenvalue weighted by Crippen LogP contribution is 2.25. The molecule has 4 heteroatoms. The number of rotatable bonds is 4. The summed E-state index contributed by atoms with van der Waals surface area (Å²) in [6.45, 7) is 4.98. The van der Waals surface area contributed by atoms with Crippen molar-refractivity contribution in [3.05, 3.63) is 20.8 Å². The predicted molar refractivity (Wildman–Crippen MR) is 67.3 cm³/mol. The molecule has 1 saturated heterocycles. The van der Waals surface area contributed by atoms with Crippen LogP contribution in [-0.4, -0.2) is 18.8 Å². The highest BCUT2D eigenvalue weighted by molar-refractivity contribution is 9.10. The van der Waals surface area contributed by atoms with E-state index < -0.39 is 0 Å². The zero-order chi connectivity index (χ0) is 10.7. The summed E-state index contributed by atoms with van der Waals surface area (Å²) in [7, 11) is 0. The maximum atomic E-state index is 5.72. The van der Waals surface area contributed by atoms with E-state index in [0.29, 0.717) is 0 Å².